The van der Waals surface area contributed by atoms with Crippen molar-refractivity contribution in [3.63, 3.8) is 0 Å². The first-order chi connectivity index (χ1) is 19.0. The number of carboxylic acid groups (broad SMARTS) is 2. The maximum absolute atomic E-state index is 11.7. The number of aliphatic imine (C=N–C) groups is 2. The van der Waals surface area contributed by atoms with Gasteiger partial charge in [-0.15, -0.1) is 0 Å². The second kappa shape index (κ2) is 11.6. The smallest absolute Gasteiger partial charge is 0.328 e. The zero-order valence-electron chi connectivity index (χ0n) is 22.7. The molecule has 0 unspecified atom stereocenters. The molecule has 0 aliphatic rings. The Bertz CT molecular complexity index is 1530. The van der Waals surface area contributed by atoms with Gasteiger partial charge in [0.2, 0.25) is 0 Å². The standard InChI is InChI=1S/C32H32N2O6/c1-17(2)27(31(37)38)33-15-21-13-19-9-5-7-11-23(19)25(29(21)35)26-24-12-8-6-10-20(24)14-22(30(26)36)16-34-28(18(3)4)32(39)40/h5-18,27-28,35-36H,1-4H3,(H,37,38)(H,39,40)/t27-,28-/m1/s1. The summed E-state index contributed by atoms with van der Waals surface area (Å²) in [7, 11) is 0. The Morgan fingerprint density at radius 2 is 1.00 bits per heavy atom. The summed E-state index contributed by atoms with van der Waals surface area (Å²) in [6, 6.07) is 16.2. The maximum Gasteiger partial charge on any atom is 0.328 e. The van der Waals surface area contributed by atoms with Crippen LogP contribution in [0.2, 0.25) is 0 Å². The SMILES string of the molecule is CC(C)[C@@H](N=Cc1cc2ccccc2c(-c2c(O)c(C=N[C@@H](C(=O)O)C(C)C)cc3ccccc23)c1O)C(=O)O. The van der Waals surface area contributed by atoms with Crippen molar-refractivity contribution in [2.24, 2.45) is 21.8 Å². The Morgan fingerprint density at radius 3 is 1.32 bits per heavy atom. The van der Waals surface area contributed by atoms with Crippen molar-refractivity contribution in [1.82, 2.24) is 0 Å². The van der Waals surface area contributed by atoms with Crippen LogP contribution >= 0.6 is 0 Å². The highest BCUT2D eigenvalue weighted by molar-refractivity contribution is 6.14. The topological polar surface area (TPSA) is 140 Å². The lowest BCUT2D eigenvalue weighted by Crippen LogP contribution is -2.24. The molecule has 4 rings (SSSR count). The van der Waals surface area contributed by atoms with E-state index in [1.807, 2.05) is 48.5 Å². The van der Waals surface area contributed by atoms with Gasteiger partial charge < -0.3 is 20.4 Å². The summed E-state index contributed by atoms with van der Waals surface area (Å²) in [5.74, 6) is -3.00. The number of phenols is 2. The normalized spacial score (nSPS) is 13.7. The maximum atomic E-state index is 11.7. The number of aromatic hydroxyl groups is 2. The quantitative estimate of drug-likeness (QED) is 0.188. The minimum atomic E-state index is -1.07. The molecule has 0 radical (unpaired) electrons. The first-order valence-electron chi connectivity index (χ1n) is 13.0. The van der Waals surface area contributed by atoms with Crippen molar-refractivity contribution in [2.45, 2.75) is 39.8 Å². The van der Waals surface area contributed by atoms with Gasteiger partial charge in [0.05, 0.1) is 0 Å². The van der Waals surface area contributed by atoms with E-state index in [1.54, 1.807) is 39.8 Å². The van der Waals surface area contributed by atoms with Gasteiger partial charge in [-0.05, 0) is 45.5 Å². The van der Waals surface area contributed by atoms with Crippen LogP contribution < -0.4 is 0 Å². The minimum Gasteiger partial charge on any atom is -0.507 e. The van der Waals surface area contributed by atoms with Crippen LogP contribution in [0.5, 0.6) is 11.5 Å². The summed E-state index contributed by atoms with van der Waals surface area (Å²) < 4.78 is 0. The third-order valence-corrected chi connectivity index (χ3v) is 6.87. The summed E-state index contributed by atoms with van der Waals surface area (Å²) >= 11 is 0. The minimum absolute atomic E-state index is 0.171. The molecular formula is C32H32N2O6. The monoisotopic (exact) mass is 540 g/mol. The Balaban J connectivity index is 2.03. The highest BCUT2D eigenvalue weighted by Gasteiger charge is 2.24. The summed E-state index contributed by atoms with van der Waals surface area (Å²) in [5.41, 5.74) is 1.29. The van der Waals surface area contributed by atoms with E-state index in [0.717, 1.165) is 10.8 Å². The van der Waals surface area contributed by atoms with Gasteiger partial charge >= 0.3 is 11.9 Å². The molecule has 0 saturated heterocycles. The number of fused-ring (bicyclic) bond motifs is 2. The molecule has 0 amide bonds. The molecule has 0 aliphatic carbocycles. The predicted molar refractivity (Wildman–Crippen MR) is 158 cm³/mol. The van der Waals surface area contributed by atoms with Crippen molar-refractivity contribution in [3.8, 4) is 22.6 Å². The molecule has 4 aromatic carbocycles. The number of aliphatic carboxylic acids is 2. The molecule has 8 heteroatoms. The molecule has 0 bridgehead atoms. The summed E-state index contributed by atoms with van der Waals surface area (Å²) in [5, 5.41) is 45.2. The lowest BCUT2D eigenvalue weighted by Gasteiger charge is -2.18. The molecule has 0 heterocycles. The van der Waals surface area contributed by atoms with E-state index < -0.39 is 24.0 Å². The number of nitrogens with zero attached hydrogens (tertiary/aromatic N) is 2. The molecule has 4 N–H and O–H groups in total. The van der Waals surface area contributed by atoms with Gasteiger partial charge in [-0.3, -0.25) is 9.98 Å². The van der Waals surface area contributed by atoms with Crippen LogP contribution in [-0.2, 0) is 9.59 Å². The number of hydrogen-bond acceptors (Lipinski definition) is 6. The second-order valence-electron chi connectivity index (χ2n) is 10.4. The fourth-order valence-electron chi connectivity index (χ4n) is 4.78. The van der Waals surface area contributed by atoms with Gasteiger partial charge in [0.15, 0.2) is 0 Å². The first kappa shape index (κ1) is 28.3. The molecule has 0 aliphatic heterocycles. The number of rotatable bonds is 9. The number of phenolic OH excluding ortho intramolecular Hbond substituents is 2. The van der Waals surface area contributed by atoms with E-state index in [-0.39, 0.29) is 23.3 Å². The lowest BCUT2D eigenvalue weighted by molar-refractivity contribution is -0.140. The number of carbonyl (C=O) groups is 2. The fraction of sp³-hybridized carbons (Fsp3) is 0.250. The van der Waals surface area contributed by atoms with Crippen LogP contribution in [-0.4, -0.2) is 56.9 Å². The van der Waals surface area contributed by atoms with E-state index in [1.165, 1.54) is 12.4 Å². The molecule has 0 fully saturated rings. The predicted octanol–water partition coefficient (Wildman–Crippen LogP) is 6.13. The average molecular weight is 541 g/mol. The molecule has 0 saturated carbocycles. The van der Waals surface area contributed by atoms with E-state index in [2.05, 4.69) is 9.98 Å². The van der Waals surface area contributed by atoms with Gasteiger partial charge in [-0.2, -0.15) is 0 Å². The molecular weight excluding hydrogens is 508 g/mol. The van der Waals surface area contributed by atoms with Crippen LogP contribution in [0.15, 0.2) is 70.6 Å². The fourth-order valence-corrected chi connectivity index (χ4v) is 4.78. The van der Waals surface area contributed by atoms with E-state index in [9.17, 15) is 30.0 Å². The van der Waals surface area contributed by atoms with Gasteiger partial charge in [0.1, 0.15) is 23.6 Å². The molecule has 0 spiro atoms. The summed E-state index contributed by atoms with van der Waals surface area (Å²) in [6.45, 7) is 7.03. The van der Waals surface area contributed by atoms with E-state index in [0.29, 0.717) is 33.0 Å². The van der Waals surface area contributed by atoms with Crippen LogP contribution in [0.3, 0.4) is 0 Å². The van der Waals surface area contributed by atoms with Gasteiger partial charge in [-0.1, -0.05) is 76.2 Å². The van der Waals surface area contributed by atoms with E-state index >= 15 is 0 Å². The van der Waals surface area contributed by atoms with Crippen molar-refractivity contribution in [3.05, 3.63) is 71.8 Å². The molecule has 0 aromatic heterocycles. The third-order valence-electron chi connectivity index (χ3n) is 6.87. The average Bonchev–Trinajstić information content (AvgIpc) is 2.89. The molecule has 4 aromatic rings. The second-order valence-corrected chi connectivity index (χ2v) is 10.4. The van der Waals surface area contributed by atoms with Crippen molar-refractivity contribution < 1.29 is 30.0 Å². The Kier molecular flexibility index (Phi) is 8.18. The van der Waals surface area contributed by atoms with Crippen LogP contribution in [0.1, 0.15) is 38.8 Å². The van der Waals surface area contributed by atoms with Gasteiger partial charge in [0, 0.05) is 34.7 Å². The molecule has 8 nitrogen and oxygen atoms in total. The zero-order valence-corrected chi connectivity index (χ0v) is 22.7. The number of carboxylic acids is 2. The summed E-state index contributed by atoms with van der Waals surface area (Å²) in [4.78, 5) is 31.9. The summed E-state index contributed by atoms with van der Waals surface area (Å²) in [6.07, 6.45) is 2.71. The lowest BCUT2D eigenvalue weighted by atomic mass is 9.89. The Morgan fingerprint density at radius 1 is 0.650 bits per heavy atom. The highest BCUT2D eigenvalue weighted by atomic mass is 16.4. The van der Waals surface area contributed by atoms with Crippen LogP contribution in [0, 0.1) is 11.8 Å². The zero-order chi connectivity index (χ0) is 29.1. The van der Waals surface area contributed by atoms with Crippen LogP contribution in [0.25, 0.3) is 32.7 Å². The molecule has 206 valence electrons. The Hall–Kier alpha value is -4.72. The molecule has 40 heavy (non-hydrogen) atoms. The number of benzene rings is 4. The van der Waals surface area contributed by atoms with Crippen molar-refractivity contribution >= 4 is 45.9 Å². The third kappa shape index (κ3) is 5.52. The highest BCUT2D eigenvalue weighted by Crippen LogP contribution is 2.47. The largest absolute Gasteiger partial charge is 0.507 e. The first-order valence-corrected chi connectivity index (χ1v) is 13.0. The van der Waals surface area contributed by atoms with Crippen molar-refractivity contribution in [1.29, 1.82) is 0 Å². The molecule has 2 atom stereocenters. The number of hydrogen-bond donors (Lipinski definition) is 4. The Labute approximate surface area is 232 Å². The van der Waals surface area contributed by atoms with Crippen LogP contribution in [0.4, 0.5) is 0 Å². The van der Waals surface area contributed by atoms with E-state index in [4.69, 9.17) is 0 Å². The van der Waals surface area contributed by atoms with Gasteiger partial charge in [0.25, 0.3) is 0 Å². The van der Waals surface area contributed by atoms with Gasteiger partial charge in [-0.25, -0.2) is 9.59 Å². The van der Waals surface area contributed by atoms with Crippen molar-refractivity contribution in [2.75, 3.05) is 0 Å².